The summed E-state index contributed by atoms with van der Waals surface area (Å²) >= 11 is 0. The zero-order valence-electron chi connectivity index (χ0n) is 23.9. The van der Waals surface area contributed by atoms with Gasteiger partial charge in [0.05, 0.1) is 25.9 Å². The van der Waals surface area contributed by atoms with E-state index >= 15 is 0 Å². The third kappa shape index (κ3) is 5.45. The van der Waals surface area contributed by atoms with Gasteiger partial charge in [0, 0.05) is 22.9 Å². The summed E-state index contributed by atoms with van der Waals surface area (Å²) in [7, 11) is 1.57. The number of rotatable bonds is 8. The topological polar surface area (TPSA) is 97.4 Å². The second-order valence-corrected chi connectivity index (χ2v) is 9.84. The molecule has 0 N–H and O–H groups in total. The van der Waals surface area contributed by atoms with Crippen molar-refractivity contribution < 1.29 is 19.1 Å². The summed E-state index contributed by atoms with van der Waals surface area (Å²) < 4.78 is 12.7. The molecular weight excluding hydrogens is 528 g/mol. The van der Waals surface area contributed by atoms with Crippen LogP contribution in [0.25, 0.3) is 23.0 Å². The van der Waals surface area contributed by atoms with Gasteiger partial charge in [-0.2, -0.15) is 10.4 Å². The number of methoxy groups -OCH3 is 1. The highest BCUT2D eigenvalue weighted by Gasteiger charge is 2.35. The van der Waals surface area contributed by atoms with Crippen LogP contribution in [0.1, 0.15) is 30.5 Å². The molecule has 2 heterocycles. The normalized spacial score (nSPS) is 14.4. The Morgan fingerprint density at radius 3 is 2.31 bits per heavy atom. The average Bonchev–Trinajstić information content (AvgIpc) is 3.42. The van der Waals surface area contributed by atoms with Crippen LogP contribution in [0.3, 0.4) is 0 Å². The van der Waals surface area contributed by atoms with Crippen LogP contribution in [0.5, 0.6) is 11.5 Å². The summed E-state index contributed by atoms with van der Waals surface area (Å²) in [4.78, 5) is 28.2. The molecule has 1 aliphatic rings. The third-order valence-electron chi connectivity index (χ3n) is 7.15. The fourth-order valence-corrected chi connectivity index (χ4v) is 4.92. The number of nitrogens with zero attached hydrogens (tertiary/aromatic N) is 4. The van der Waals surface area contributed by atoms with Crippen molar-refractivity contribution in [2.45, 2.75) is 27.3 Å². The number of para-hydroxylation sites is 1. The molecule has 3 aromatic carbocycles. The summed E-state index contributed by atoms with van der Waals surface area (Å²) in [5, 5.41) is 14.8. The van der Waals surface area contributed by atoms with Crippen LogP contribution in [0, 0.1) is 18.3 Å². The number of hydrogen-bond acceptors (Lipinski definition) is 6. The maximum atomic E-state index is 13.9. The Labute approximate surface area is 244 Å². The number of imide groups is 1. The predicted molar refractivity (Wildman–Crippen MR) is 160 cm³/mol. The van der Waals surface area contributed by atoms with Gasteiger partial charge in [-0.1, -0.05) is 30.3 Å². The number of ether oxygens (including phenoxy) is 2. The fourth-order valence-electron chi connectivity index (χ4n) is 4.92. The second-order valence-electron chi connectivity index (χ2n) is 9.84. The van der Waals surface area contributed by atoms with Gasteiger partial charge in [-0.25, -0.2) is 4.68 Å². The number of benzene rings is 3. The van der Waals surface area contributed by atoms with E-state index in [1.165, 1.54) is 0 Å². The zero-order chi connectivity index (χ0) is 29.8. The van der Waals surface area contributed by atoms with Crippen molar-refractivity contribution >= 4 is 17.9 Å². The van der Waals surface area contributed by atoms with Gasteiger partial charge in [0.2, 0.25) is 0 Å². The first kappa shape index (κ1) is 28.1. The summed E-state index contributed by atoms with van der Waals surface area (Å²) in [6.07, 6.45) is 3.57. The van der Waals surface area contributed by atoms with Gasteiger partial charge in [-0.3, -0.25) is 14.5 Å². The van der Waals surface area contributed by atoms with Crippen molar-refractivity contribution in [1.29, 1.82) is 5.26 Å². The molecule has 0 aliphatic carbocycles. The maximum Gasteiger partial charge on any atom is 0.271 e. The molecule has 0 spiro atoms. The highest BCUT2D eigenvalue weighted by Crippen LogP contribution is 2.34. The van der Waals surface area contributed by atoms with E-state index in [1.807, 2.05) is 74.6 Å². The lowest BCUT2D eigenvalue weighted by molar-refractivity contribution is -0.141. The minimum Gasteiger partial charge on any atom is -0.497 e. The molecule has 0 saturated carbocycles. The van der Waals surface area contributed by atoms with Gasteiger partial charge < -0.3 is 9.47 Å². The van der Waals surface area contributed by atoms with Gasteiger partial charge in [-0.05, 0) is 86.0 Å². The fraction of sp³-hybridized carbons (Fsp3) is 0.176. The first-order chi connectivity index (χ1) is 20.3. The Morgan fingerprint density at radius 2 is 1.67 bits per heavy atom. The number of aromatic nitrogens is 2. The zero-order valence-corrected chi connectivity index (χ0v) is 23.9. The first-order valence-corrected chi connectivity index (χ1v) is 13.6. The van der Waals surface area contributed by atoms with Crippen molar-refractivity contribution in [2.75, 3.05) is 13.7 Å². The van der Waals surface area contributed by atoms with Gasteiger partial charge in [-0.15, -0.1) is 0 Å². The molecule has 0 saturated heterocycles. The quantitative estimate of drug-likeness (QED) is 0.193. The largest absolute Gasteiger partial charge is 0.497 e. The summed E-state index contributed by atoms with van der Waals surface area (Å²) in [6.45, 7) is 6.12. The van der Waals surface area contributed by atoms with Crippen LogP contribution in [0.4, 0.5) is 0 Å². The Balaban J connectivity index is 1.63. The molecular formula is C34H30N4O4. The Hall–Kier alpha value is -5.42. The molecule has 8 heteroatoms. The van der Waals surface area contributed by atoms with E-state index in [4.69, 9.17) is 14.6 Å². The number of nitriles is 1. The molecule has 8 nitrogen and oxygen atoms in total. The number of carbonyl (C=O) groups excluding carboxylic acids is 2. The molecule has 0 radical (unpaired) electrons. The highest BCUT2D eigenvalue weighted by atomic mass is 16.5. The van der Waals surface area contributed by atoms with Crippen LogP contribution in [0.2, 0.25) is 0 Å². The number of hydrogen-bond donors (Lipinski definition) is 0. The maximum absolute atomic E-state index is 13.9. The van der Waals surface area contributed by atoms with Crippen LogP contribution < -0.4 is 9.47 Å². The monoisotopic (exact) mass is 558 g/mol. The average molecular weight is 559 g/mol. The molecule has 5 rings (SSSR count). The van der Waals surface area contributed by atoms with E-state index in [0.29, 0.717) is 29.2 Å². The molecule has 1 aliphatic heterocycles. The van der Waals surface area contributed by atoms with E-state index in [1.54, 1.807) is 49.1 Å². The van der Waals surface area contributed by atoms with E-state index in [-0.39, 0.29) is 17.7 Å². The summed E-state index contributed by atoms with van der Waals surface area (Å²) in [5.74, 6) is 0.329. The molecule has 1 aromatic heterocycles. The van der Waals surface area contributed by atoms with Crippen LogP contribution >= 0.6 is 0 Å². The van der Waals surface area contributed by atoms with E-state index in [0.717, 1.165) is 33.0 Å². The summed E-state index contributed by atoms with van der Waals surface area (Å²) in [6, 6.07) is 24.6. The smallest absolute Gasteiger partial charge is 0.271 e. The third-order valence-corrected chi connectivity index (χ3v) is 7.15. The van der Waals surface area contributed by atoms with Crippen molar-refractivity contribution in [2.24, 2.45) is 0 Å². The van der Waals surface area contributed by atoms with E-state index in [2.05, 4.69) is 0 Å². The van der Waals surface area contributed by atoms with Crippen molar-refractivity contribution in [3.8, 4) is 34.5 Å². The molecule has 0 fully saturated rings. The predicted octanol–water partition coefficient (Wildman–Crippen LogP) is 6.05. The minimum absolute atomic E-state index is 0.0194. The molecule has 4 aromatic rings. The molecule has 0 atom stereocenters. The van der Waals surface area contributed by atoms with Gasteiger partial charge in [0.25, 0.3) is 11.8 Å². The lowest BCUT2D eigenvalue weighted by atomic mass is 9.92. The van der Waals surface area contributed by atoms with Gasteiger partial charge >= 0.3 is 0 Å². The Bertz CT molecular complexity index is 1760. The van der Waals surface area contributed by atoms with E-state index < -0.39 is 11.8 Å². The van der Waals surface area contributed by atoms with Crippen molar-refractivity contribution in [1.82, 2.24) is 14.7 Å². The van der Waals surface area contributed by atoms with Crippen molar-refractivity contribution in [3.05, 3.63) is 112 Å². The standard InChI is InChI=1S/C34H30N4O4/c1-5-42-28-15-16-29(22(2)17-28)32-25(21-38(36-32)26-9-7-6-8-10-26)18-30-23(3)31(19-35)34(40)37(33(30)39)20-24-11-13-27(41-4)14-12-24/h6-18,21H,5,20H2,1-4H3/b30-18+. The first-order valence-electron chi connectivity index (χ1n) is 13.6. The van der Waals surface area contributed by atoms with Gasteiger partial charge in [0.1, 0.15) is 28.8 Å². The van der Waals surface area contributed by atoms with Crippen LogP contribution in [0.15, 0.2) is 95.7 Å². The van der Waals surface area contributed by atoms with Crippen molar-refractivity contribution in [3.63, 3.8) is 0 Å². The summed E-state index contributed by atoms with van der Waals surface area (Å²) in [5.41, 5.74) is 5.27. The Kier molecular flexibility index (Phi) is 8.02. The van der Waals surface area contributed by atoms with Crippen LogP contribution in [-0.4, -0.2) is 40.2 Å². The highest BCUT2D eigenvalue weighted by molar-refractivity contribution is 6.19. The van der Waals surface area contributed by atoms with E-state index in [9.17, 15) is 14.9 Å². The molecule has 0 unspecified atom stereocenters. The van der Waals surface area contributed by atoms with Crippen LogP contribution in [-0.2, 0) is 16.1 Å². The Morgan fingerprint density at radius 1 is 0.952 bits per heavy atom. The number of carbonyl (C=O) groups is 2. The molecule has 0 bridgehead atoms. The minimum atomic E-state index is -0.615. The molecule has 210 valence electrons. The number of amides is 2. The molecule has 2 amide bonds. The second kappa shape index (κ2) is 12.0. The lowest BCUT2D eigenvalue weighted by Gasteiger charge is -2.27. The SMILES string of the molecule is CCOc1ccc(-c2nn(-c3ccccc3)cc2/C=C2/C(=O)N(Cc3ccc(OC)cc3)C(=O)C(C#N)=C2C)c(C)c1. The van der Waals surface area contributed by atoms with Gasteiger partial charge in [0.15, 0.2) is 0 Å². The number of aryl methyl sites for hydroxylation is 1. The molecule has 42 heavy (non-hydrogen) atoms. The lowest BCUT2D eigenvalue weighted by Crippen LogP contribution is -2.42.